The van der Waals surface area contributed by atoms with Crippen molar-refractivity contribution in [2.24, 2.45) is 0 Å². The van der Waals surface area contributed by atoms with Crippen LogP contribution in [0.1, 0.15) is 11.1 Å². The minimum atomic E-state index is -0.401. The minimum Gasteiger partial charge on any atom is -0.496 e. The molecule has 162 valence electrons. The molecule has 0 spiro atoms. The van der Waals surface area contributed by atoms with Gasteiger partial charge in [-0.1, -0.05) is 36.4 Å². The SMILES string of the molecule is COc1ccccc1C1=C(Nc2ccc(N(C)C)cc2)C(=O)N(c2ccccc2C)C1=O. The van der Waals surface area contributed by atoms with Crippen molar-refractivity contribution in [3.05, 3.63) is 89.6 Å². The van der Waals surface area contributed by atoms with Crippen LogP contribution in [-0.2, 0) is 9.59 Å². The number of ether oxygens (including phenoxy) is 1. The van der Waals surface area contributed by atoms with Crippen molar-refractivity contribution in [3.8, 4) is 5.75 Å². The zero-order valence-corrected chi connectivity index (χ0v) is 18.5. The minimum absolute atomic E-state index is 0.223. The summed E-state index contributed by atoms with van der Waals surface area (Å²) in [5, 5.41) is 3.20. The van der Waals surface area contributed by atoms with Crippen molar-refractivity contribution in [3.63, 3.8) is 0 Å². The molecule has 1 aliphatic heterocycles. The number of anilines is 3. The molecule has 0 unspecified atom stereocenters. The largest absolute Gasteiger partial charge is 0.496 e. The van der Waals surface area contributed by atoms with Crippen molar-refractivity contribution in [1.29, 1.82) is 0 Å². The molecule has 32 heavy (non-hydrogen) atoms. The zero-order chi connectivity index (χ0) is 22.8. The van der Waals surface area contributed by atoms with Crippen molar-refractivity contribution < 1.29 is 14.3 Å². The number of hydrogen-bond acceptors (Lipinski definition) is 5. The lowest BCUT2D eigenvalue weighted by Crippen LogP contribution is -2.33. The number of rotatable bonds is 6. The number of para-hydroxylation sites is 2. The van der Waals surface area contributed by atoms with Gasteiger partial charge in [0.15, 0.2) is 0 Å². The Morgan fingerprint density at radius 1 is 0.844 bits per heavy atom. The summed E-state index contributed by atoms with van der Waals surface area (Å²) in [6.07, 6.45) is 0. The Kier molecular flexibility index (Phi) is 5.69. The van der Waals surface area contributed by atoms with Crippen LogP contribution in [0.2, 0.25) is 0 Å². The number of methoxy groups -OCH3 is 1. The molecule has 0 aliphatic carbocycles. The van der Waals surface area contributed by atoms with Gasteiger partial charge in [-0.15, -0.1) is 0 Å². The van der Waals surface area contributed by atoms with E-state index >= 15 is 0 Å². The van der Waals surface area contributed by atoms with E-state index in [2.05, 4.69) is 5.32 Å². The number of carbonyl (C=O) groups excluding carboxylic acids is 2. The summed E-state index contributed by atoms with van der Waals surface area (Å²) in [5.41, 5.74) is 4.22. The molecule has 1 aliphatic rings. The van der Waals surface area contributed by atoms with Crippen molar-refractivity contribution in [2.45, 2.75) is 6.92 Å². The highest BCUT2D eigenvalue weighted by atomic mass is 16.5. The molecule has 0 saturated carbocycles. The van der Waals surface area contributed by atoms with E-state index in [0.29, 0.717) is 22.7 Å². The predicted octanol–water partition coefficient (Wildman–Crippen LogP) is 4.47. The second kappa shape index (κ2) is 8.59. The highest BCUT2D eigenvalue weighted by Crippen LogP contribution is 2.38. The first-order valence-corrected chi connectivity index (χ1v) is 10.3. The fourth-order valence-electron chi connectivity index (χ4n) is 3.77. The van der Waals surface area contributed by atoms with Gasteiger partial charge in [-0.05, 0) is 48.9 Å². The lowest BCUT2D eigenvalue weighted by Gasteiger charge is -2.18. The highest BCUT2D eigenvalue weighted by molar-refractivity contribution is 6.46. The van der Waals surface area contributed by atoms with Gasteiger partial charge in [0, 0.05) is 31.0 Å². The number of imide groups is 1. The van der Waals surface area contributed by atoms with Crippen LogP contribution < -0.4 is 19.9 Å². The molecule has 6 heteroatoms. The monoisotopic (exact) mass is 427 g/mol. The van der Waals surface area contributed by atoms with E-state index < -0.39 is 5.91 Å². The second-order valence-corrected chi connectivity index (χ2v) is 7.75. The number of nitrogens with one attached hydrogen (secondary N) is 1. The molecule has 0 bridgehead atoms. The van der Waals surface area contributed by atoms with E-state index in [4.69, 9.17) is 4.74 Å². The van der Waals surface area contributed by atoms with Crippen LogP contribution in [0.4, 0.5) is 17.1 Å². The molecule has 0 atom stereocenters. The zero-order valence-electron chi connectivity index (χ0n) is 18.5. The molecule has 4 rings (SSSR count). The van der Waals surface area contributed by atoms with Crippen molar-refractivity contribution >= 4 is 34.4 Å². The Labute approximate surface area is 187 Å². The van der Waals surface area contributed by atoms with E-state index in [-0.39, 0.29) is 17.2 Å². The maximum absolute atomic E-state index is 13.6. The van der Waals surface area contributed by atoms with Crippen LogP contribution in [0.25, 0.3) is 5.57 Å². The molecule has 0 radical (unpaired) electrons. The standard InChI is InChI=1S/C26H25N3O3/c1-17-9-5-7-11-21(17)29-25(30)23(20-10-6-8-12-22(20)32-4)24(26(29)31)27-18-13-15-19(16-14-18)28(2)3/h5-16,27H,1-4H3. The molecule has 3 aromatic rings. The maximum atomic E-state index is 13.6. The number of amides is 2. The van der Waals surface area contributed by atoms with Gasteiger partial charge in [-0.3, -0.25) is 9.59 Å². The first kappa shape index (κ1) is 21.2. The quantitative estimate of drug-likeness (QED) is 0.589. The van der Waals surface area contributed by atoms with E-state index in [1.54, 1.807) is 25.3 Å². The Morgan fingerprint density at radius 3 is 2.16 bits per heavy atom. The van der Waals surface area contributed by atoms with Crippen LogP contribution in [0, 0.1) is 6.92 Å². The molecule has 3 aromatic carbocycles. The molecular weight excluding hydrogens is 402 g/mol. The number of hydrogen-bond donors (Lipinski definition) is 1. The second-order valence-electron chi connectivity index (χ2n) is 7.75. The predicted molar refractivity (Wildman–Crippen MR) is 128 cm³/mol. The van der Waals surface area contributed by atoms with E-state index in [1.807, 2.05) is 80.5 Å². The van der Waals surface area contributed by atoms with E-state index in [1.165, 1.54) is 4.90 Å². The molecule has 6 nitrogen and oxygen atoms in total. The Hall–Kier alpha value is -4.06. The smallest absolute Gasteiger partial charge is 0.282 e. The van der Waals surface area contributed by atoms with Gasteiger partial charge in [0.1, 0.15) is 11.4 Å². The molecule has 0 aromatic heterocycles. The Bertz CT molecular complexity index is 1210. The van der Waals surface area contributed by atoms with Crippen LogP contribution in [0.5, 0.6) is 5.75 Å². The topological polar surface area (TPSA) is 61.9 Å². The van der Waals surface area contributed by atoms with Gasteiger partial charge in [0.05, 0.1) is 18.4 Å². The lowest BCUT2D eigenvalue weighted by atomic mass is 10.0. The summed E-state index contributed by atoms with van der Waals surface area (Å²) >= 11 is 0. The van der Waals surface area contributed by atoms with Crippen LogP contribution in [-0.4, -0.2) is 33.0 Å². The molecule has 2 amide bonds. The number of nitrogens with zero attached hydrogens (tertiary/aromatic N) is 2. The van der Waals surface area contributed by atoms with Gasteiger partial charge in [-0.2, -0.15) is 0 Å². The first-order chi connectivity index (χ1) is 15.4. The summed E-state index contributed by atoms with van der Waals surface area (Å²) in [7, 11) is 5.47. The maximum Gasteiger partial charge on any atom is 0.282 e. The van der Waals surface area contributed by atoms with Crippen LogP contribution >= 0.6 is 0 Å². The number of aryl methyl sites for hydroxylation is 1. The van der Waals surface area contributed by atoms with Gasteiger partial charge in [0.25, 0.3) is 11.8 Å². The summed E-state index contributed by atoms with van der Waals surface area (Å²) in [6.45, 7) is 1.88. The summed E-state index contributed by atoms with van der Waals surface area (Å²) < 4.78 is 5.50. The van der Waals surface area contributed by atoms with Gasteiger partial charge < -0.3 is 15.0 Å². The summed E-state index contributed by atoms with van der Waals surface area (Å²) in [5.74, 6) is -0.263. The van der Waals surface area contributed by atoms with E-state index in [0.717, 1.165) is 11.3 Å². The number of benzene rings is 3. The van der Waals surface area contributed by atoms with Crippen molar-refractivity contribution in [2.75, 3.05) is 36.3 Å². The molecule has 0 fully saturated rings. The third-order valence-corrected chi connectivity index (χ3v) is 5.47. The van der Waals surface area contributed by atoms with Gasteiger partial charge >= 0.3 is 0 Å². The molecular formula is C26H25N3O3. The van der Waals surface area contributed by atoms with Crippen molar-refractivity contribution in [1.82, 2.24) is 0 Å². The van der Waals surface area contributed by atoms with Gasteiger partial charge in [0.2, 0.25) is 0 Å². The summed E-state index contributed by atoms with van der Waals surface area (Å²) in [4.78, 5) is 30.4. The van der Waals surface area contributed by atoms with E-state index in [9.17, 15) is 9.59 Å². The normalized spacial score (nSPS) is 13.6. The number of carbonyl (C=O) groups is 2. The highest BCUT2D eigenvalue weighted by Gasteiger charge is 2.41. The average molecular weight is 428 g/mol. The molecule has 1 heterocycles. The Morgan fingerprint density at radius 2 is 1.50 bits per heavy atom. The first-order valence-electron chi connectivity index (χ1n) is 10.3. The summed E-state index contributed by atoms with van der Waals surface area (Å²) in [6, 6.07) is 22.2. The third kappa shape index (κ3) is 3.71. The molecule has 0 saturated heterocycles. The fourth-order valence-corrected chi connectivity index (χ4v) is 3.77. The lowest BCUT2D eigenvalue weighted by molar-refractivity contribution is -0.120. The van der Waals surface area contributed by atoms with Crippen LogP contribution in [0.3, 0.4) is 0 Å². The Balaban J connectivity index is 1.84. The third-order valence-electron chi connectivity index (χ3n) is 5.47. The van der Waals surface area contributed by atoms with Crippen LogP contribution in [0.15, 0.2) is 78.5 Å². The molecule has 1 N–H and O–H groups in total. The van der Waals surface area contributed by atoms with Gasteiger partial charge in [-0.25, -0.2) is 4.90 Å². The average Bonchev–Trinajstić information content (AvgIpc) is 3.03. The fraction of sp³-hybridized carbons (Fsp3) is 0.154.